The number of hydrogen-bond acceptors (Lipinski definition) is 6. The van der Waals surface area contributed by atoms with Gasteiger partial charge < -0.3 is 15.1 Å². The lowest BCUT2D eigenvalue weighted by atomic mass is 10.1. The number of carbonyl (C=O) groups is 2. The maximum Gasteiger partial charge on any atom is 0.255 e. The standard InChI is InChI=1S/C22H23ClN4O2S2/c23-19-4-2-1-3-18(19)21(29)27-12-10-26(11-13-27)17-7-5-16(6-8-17)25-20(28)15-31-22-24-9-14-30-22/h1-8H,9-15H2,(H,25,28). The van der Waals surface area contributed by atoms with Crippen molar-refractivity contribution in [1.29, 1.82) is 0 Å². The third-order valence-corrected chi connectivity index (χ3v) is 7.65. The quantitative estimate of drug-likeness (QED) is 0.707. The molecule has 0 aromatic heterocycles. The van der Waals surface area contributed by atoms with Crippen LogP contribution in [0.3, 0.4) is 0 Å². The van der Waals surface area contributed by atoms with Crippen molar-refractivity contribution in [2.75, 3.05) is 54.4 Å². The highest BCUT2D eigenvalue weighted by atomic mass is 35.5. The van der Waals surface area contributed by atoms with Gasteiger partial charge in [0.05, 0.1) is 22.9 Å². The molecule has 0 bridgehead atoms. The first-order chi connectivity index (χ1) is 15.1. The van der Waals surface area contributed by atoms with Crippen molar-refractivity contribution in [3.05, 3.63) is 59.1 Å². The van der Waals surface area contributed by atoms with Crippen LogP contribution in [0.5, 0.6) is 0 Å². The van der Waals surface area contributed by atoms with Gasteiger partial charge in [-0.1, -0.05) is 47.3 Å². The van der Waals surface area contributed by atoms with E-state index >= 15 is 0 Å². The van der Waals surface area contributed by atoms with Crippen LogP contribution in [0.1, 0.15) is 10.4 Å². The zero-order valence-corrected chi connectivity index (χ0v) is 19.3. The van der Waals surface area contributed by atoms with Gasteiger partial charge in [-0.25, -0.2) is 0 Å². The highest BCUT2D eigenvalue weighted by Crippen LogP contribution is 2.24. The van der Waals surface area contributed by atoms with Crippen molar-refractivity contribution < 1.29 is 9.59 Å². The van der Waals surface area contributed by atoms with E-state index in [1.165, 1.54) is 11.8 Å². The smallest absolute Gasteiger partial charge is 0.255 e. The van der Waals surface area contributed by atoms with Gasteiger partial charge in [-0.05, 0) is 36.4 Å². The maximum absolute atomic E-state index is 12.7. The zero-order chi connectivity index (χ0) is 21.6. The van der Waals surface area contributed by atoms with Gasteiger partial charge in [0.15, 0.2) is 0 Å². The Morgan fingerprint density at radius 1 is 1.06 bits per heavy atom. The van der Waals surface area contributed by atoms with Crippen LogP contribution in [0.4, 0.5) is 11.4 Å². The van der Waals surface area contributed by atoms with Crippen molar-refractivity contribution in [3.8, 4) is 0 Å². The van der Waals surface area contributed by atoms with Crippen LogP contribution in [-0.4, -0.2) is 65.3 Å². The molecule has 4 rings (SSSR count). The predicted octanol–water partition coefficient (Wildman–Crippen LogP) is 4.08. The first-order valence-electron chi connectivity index (χ1n) is 10.1. The number of nitrogens with zero attached hydrogens (tertiary/aromatic N) is 3. The molecule has 1 saturated heterocycles. The summed E-state index contributed by atoms with van der Waals surface area (Å²) in [7, 11) is 0. The minimum atomic E-state index is -0.0281. The van der Waals surface area contributed by atoms with E-state index in [0.29, 0.717) is 29.4 Å². The number of hydrogen-bond donors (Lipinski definition) is 1. The van der Waals surface area contributed by atoms with Gasteiger partial charge in [-0.15, -0.1) is 0 Å². The molecule has 9 heteroatoms. The van der Waals surface area contributed by atoms with Crippen LogP contribution in [0, 0.1) is 0 Å². The number of carbonyl (C=O) groups excluding carboxylic acids is 2. The summed E-state index contributed by atoms with van der Waals surface area (Å²) in [6, 6.07) is 15.0. The Hall–Kier alpha value is -2.16. The maximum atomic E-state index is 12.7. The Kier molecular flexibility index (Phi) is 7.42. The lowest BCUT2D eigenvalue weighted by Crippen LogP contribution is -2.48. The molecule has 162 valence electrons. The Morgan fingerprint density at radius 2 is 1.81 bits per heavy atom. The molecule has 1 fully saturated rings. The summed E-state index contributed by atoms with van der Waals surface area (Å²) in [5.74, 6) is 1.32. The lowest BCUT2D eigenvalue weighted by molar-refractivity contribution is -0.113. The van der Waals surface area contributed by atoms with Crippen LogP contribution in [0.25, 0.3) is 0 Å². The molecule has 0 unspecified atom stereocenters. The first kappa shape index (κ1) is 22.0. The van der Waals surface area contributed by atoms with Crippen LogP contribution >= 0.6 is 35.1 Å². The number of rotatable bonds is 5. The van der Waals surface area contributed by atoms with Gasteiger partial charge in [-0.2, -0.15) is 0 Å². The van der Waals surface area contributed by atoms with Gasteiger partial charge in [0.25, 0.3) is 5.91 Å². The van der Waals surface area contributed by atoms with Gasteiger partial charge in [0, 0.05) is 43.3 Å². The fourth-order valence-corrected chi connectivity index (χ4v) is 5.48. The molecular formula is C22H23ClN4O2S2. The summed E-state index contributed by atoms with van der Waals surface area (Å²) < 4.78 is 0.998. The van der Waals surface area contributed by atoms with Crippen LogP contribution < -0.4 is 10.2 Å². The molecule has 0 aliphatic carbocycles. The molecule has 2 aliphatic rings. The van der Waals surface area contributed by atoms with Crippen molar-refractivity contribution in [2.24, 2.45) is 4.99 Å². The van der Waals surface area contributed by atoms with Crippen molar-refractivity contribution in [2.45, 2.75) is 0 Å². The molecule has 0 saturated carbocycles. The van der Waals surface area contributed by atoms with Crippen molar-refractivity contribution in [3.63, 3.8) is 0 Å². The molecule has 31 heavy (non-hydrogen) atoms. The summed E-state index contributed by atoms with van der Waals surface area (Å²) in [5.41, 5.74) is 2.41. The number of amides is 2. The molecule has 2 aliphatic heterocycles. The molecule has 2 aromatic rings. The molecule has 2 amide bonds. The molecule has 1 N–H and O–H groups in total. The normalized spacial score (nSPS) is 16.2. The zero-order valence-electron chi connectivity index (χ0n) is 16.9. The minimum Gasteiger partial charge on any atom is -0.368 e. The van der Waals surface area contributed by atoms with E-state index in [-0.39, 0.29) is 11.8 Å². The van der Waals surface area contributed by atoms with Crippen LogP contribution in [-0.2, 0) is 4.79 Å². The van der Waals surface area contributed by atoms with E-state index in [0.717, 1.165) is 41.1 Å². The number of anilines is 2. The summed E-state index contributed by atoms with van der Waals surface area (Å²) in [5, 5.41) is 3.42. The van der Waals surface area contributed by atoms with E-state index < -0.39 is 0 Å². The molecule has 6 nitrogen and oxygen atoms in total. The summed E-state index contributed by atoms with van der Waals surface area (Å²) in [6.45, 7) is 3.62. The Labute approximate surface area is 195 Å². The minimum absolute atomic E-state index is 0.0249. The van der Waals surface area contributed by atoms with Gasteiger partial charge in [0.2, 0.25) is 5.91 Å². The summed E-state index contributed by atoms with van der Waals surface area (Å²) >= 11 is 9.37. The number of benzene rings is 2. The van der Waals surface area contributed by atoms with E-state index in [4.69, 9.17) is 11.6 Å². The summed E-state index contributed by atoms with van der Waals surface area (Å²) in [4.78, 5) is 33.3. The average molecular weight is 475 g/mol. The van der Waals surface area contributed by atoms with E-state index in [2.05, 4.69) is 15.2 Å². The number of aliphatic imine (C=N–C) groups is 1. The predicted molar refractivity (Wildman–Crippen MR) is 132 cm³/mol. The Morgan fingerprint density at radius 3 is 2.48 bits per heavy atom. The van der Waals surface area contributed by atoms with Crippen LogP contribution in [0.15, 0.2) is 53.5 Å². The van der Waals surface area contributed by atoms with Gasteiger partial charge in [0.1, 0.15) is 4.38 Å². The van der Waals surface area contributed by atoms with E-state index in [1.54, 1.807) is 23.9 Å². The highest BCUT2D eigenvalue weighted by Gasteiger charge is 2.23. The first-order valence-corrected chi connectivity index (χ1v) is 12.4. The highest BCUT2D eigenvalue weighted by molar-refractivity contribution is 8.39. The largest absolute Gasteiger partial charge is 0.368 e. The van der Waals surface area contributed by atoms with Crippen molar-refractivity contribution in [1.82, 2.24) is 4.90 Å². The Bertz CT molecular complexity index is 976. The number of halogens is 1. The topological polar surface area (TPSA) is 65.0 Å². The second kappa shape index (κ2) is 10.4. The van der Waals surface area contributed by atoms with E-state index in [9.17, 15) is 9.59 Å². The fraction of sp³-hybridized carbons (Fsp3) is 0.318. The second-order valence-corrected chi connectivity index (χ2v) is 9.85. The average Bonchev–Trinajstić information content (AvgIpc) is 3.32. The van der Waals surface area contributed by atoms with Gasteiger partial charge >= 0.3 is 0 Å². The lowest BCUT2D eigenvalue weighted by Gasteiger charge is -2.36. The second-order valence-electron chi connectivity index (χ2n) is 7.14. The number of nitrogens with one attached hydrogen (secondary N) is 1. The fourth-order valence-electron chi connectivity index (χ4n) is 3.46. The SMILES string of the molecule is O=C(CSC1=NCCS1)Nc1ccc(N2CCN(C(=O)c3ccccc3Cl)CC2)cc1. The molecule has 0 atom stereocenters. The number of piperazine rings is 1. The monoisotopic (exact) mass is 474 g/mol. The molecule has 2 heterocycles. The van der Waals surface area contributed by atoms with Gasteiger partial charge in [-0.3, -0.25) is 14.6 Å². The summed E-state index contributed by atoms with van der Waals surface area (Å²) in [6.07, 6.45) is 0. The molecule has 2 aromatic carbocycles. The molecular weight excluding hydrogens is 452 g/mol. The molecule has 0 spiro atoms. The van der Waals surface area contributed by atoms with E-state index in [1.807, 2.05) is 41.3 Å². The third kappa shape index (κ3) is 5.75. The van der Waals surface area contributed by atoms with Crippen LogP contribution in [0.2, 0.25) is 5.02 Å². The number of thioether (sulfide) groups is 2. The van der Waals surface area contributed by atoms with Crippen molar-refractivity contribution >= 4 is 62.7 Å². The Balaban J connectivity index is 1.26. The molecule has 0 radical (unpaired) electrons. The third-order valence-electron chi connectivity index (χ3n) is 5.07.